The van der Waals surface area contributed by atoms with Crippen LogP contribution in [0, 0.1) is 0 Å². The molecule has 84 heavy (non-hydrogen) atoms. The summed E-state index contributed by atoms with van der Waals surface area (Å²) >= 11 is 0. The van der Waals surface area contributed by atoms with Crippen molar-refractivity contribution in [1.82, 2.24) is 20.0 Å². The molecule has 1 aliphatic heterocycles. The zero-order valence-corrected chi connectivity index (χ0v) is 51.9. The molecular formula is C66H98N10O8. The Morgan fingerprint density at radius 3 is 1.54 bits per heavy atom. The largest absolute Gasteiger partial charge is 0.444 e. The fourth-order valence-electron chi connectivity index (χ4n) is 12.3. The third-order valence-electron chi connectivity index (χ3n) is 16.8. The molecule has 0 spiro atoms. The van der Waals surface area contributed by atoms with Crippen LogP contribution in [0.3, 0.4) is 0 Å². The van der Waals surface area contributed by atoms with Crippen molar-refractivity contribution in [2.45, 2.75) is 211 Å². The number of alkyl carbamates (subject to hydrolysis) is 1. The third kappa shape index (κ3) is 19.3. The molecule has 3 aromatic carbocycles. The Hall–Kier alpha value is -6.49. The molecule has 0 saturated carbocycles. The van der Waals surface area contributed by atoms with Gasteiger partial charge in [0.15, 0.2) is 0 Å². The Labute approximate surface area is 500 Å². The second-order valence-corrected chi connectivity index (χ2v) is 24.6. The van der Waals surface area contributed by atoms with Crippen molar-refractivity contribution in [2.75, 3.05) is 76.5 Å². The third-order valence-corrected chi connectivity index (χ3v) is 16.8. The molecule has 6 amide bonds. The van der Waals surface area contributed by atoms with Crippen LogP contribution in [0.1, 0.15) is 222 Å². The summed E-state index contributed by atoms with van der Waals surface area (Å²) in [5.74, 6) is -0.535. The van der Waals surface area contributed by atoms with E-state index < -0.39 is 17.1 Å². The zero-order valence-electron chi connectivity index (χ0n) is 51.9. The lowest BCUT2D eigenvalue weighted by Crippen LogP contribution is -2.44. The van der Waals surface area contributed by atoms with E-state index in [-0.39, 0.29) is 67.2 Å². The predicted molar refractivity (Wildman–Crippen MR) is 333 cm³/mol. The van der Waals surface area contributed by atoms with Crippen LogP contribution in [0.4, 0.5) is 21.9 Å². The van der Waals surface area contributed by atoms with Gasteiger partial charge in [-0.2, -0.15) is 0 Å². The molecule has 0 aromatic heterocycles. The van der Waals surface area contributed by atoms with Gasteiger partial charge in [-0.25, -0.2) is 4.79 Å². The van der Waals surface area contributed by atoms with Crippen molar-refractivity contribution in [3.8, 4) is 0 Å². The quantitative estimate of drug-likeness (QED) is 0.0188. The van der Waals surface area contributed by atoms with Crippen LogP contribution in [0.25, 0.3) is 10.4 Å². The molecule has 1 heterocycles. The first-order chi connectivity index (χ1) is 40.4. The number of carbonyl (C=O) groups is 6. The monoisotopic (exact) mass is 1160 g/mol. The number of unbranched alkanes of at least 4 members (excludes halogenated alkanes) is 14. The minimum Gasteiger partial charge on any atom is -0.444 e. The maximum atomic E-state index is 14.6. The molecule has 4 aliphatic rings. The van der Waals surface area contributed by atoms with Crippen molar-refractivity contribution in [1.29, 1.82) is 0 Å². The lowest BCUT2D eigenvalue weighted by Gasteiger charge is -2.51. The molecule has 3 aromatic rings. The van der Waals surface area contributed by atoms with Crippen LogP contribution < -0.4 is 21.3 Å². The van der Waals surface area contributed by atoms with E-state index in [9.17, 15) is 28.8 Å². The normalized spacial score (nSPS) is 17.5. The minimum atomic E-state index is -0.952. The number of nitrogens with one attached hydrogen (secondary N) is 4. The van der Waals surface area contributed by atoms with Crippen molar-refractivity contribution in [2.24, 2.45) is 5.11 Å². The first kappa shape index (κ1) is 66.6. The van der Waals surface area contributed by atoms with Gasteiger partial charge in [0.1, 0.15) is 5.60 Å². The van der Waals surface area contributed by atoms with Gasteiger partial charge in [0.2, 0.25) is 29.5 Å². The molecule has 460 valence electrons. The van der Waals surface area contributed by atoms with Crippen LogP contribution >= 0.6 is 0 Å². The Bertz CT molecular complexity index is 2660. The van der Waals surface area contributed by atoms with Crippen LogP contribution in [0.15, 0.2) is 59.7 Å². The summed E-state index contributed by atoms with van der Waals surface area (Å²) in [6.07, 6.45) is 18.8. The van der Waals surface area contributed by atoms with Gasteiger partial charge in [-0.3, -0.25) is 28.9 Å². The van der Waals surface area contributed by atoms with E-state index in [4.69, 9.17) is 15.0 Å². The number of likely N-dealkylation sites (N-methyl/N-ethyl adjacent to an activating group) is 3. The van der Waals surface area contributed by atoms with E-state index in [1.807, 2.05) is 50.9 Å². The number of nitrogens with zero attached hydrogens (tertiary/aromatic N) is 6. The summed E-state index contributed by atoms with van der Waals surface area (Å²) in [6.45, 7) is 12.2. The second-order valence-electron chi connectivity index (χ2n) is 24.6. The van der Waals surface area contributed by atoms with Crippen molar-refractivity contribution in [3.63, 3.8) is 0 Å². The molecule has 18 nitrogen and oxygen atoms in total. The summed E-state index contributed by atoms with van der Waals surface area (Å²) in [7, 11) is 5.37. The van der Waals surface area contributed by atoms with Crippen LogP contribution in [-0.4, -0.2) is 129 Å². The number of hydrogen-bond donors (Lipinski definition) is 4. The van der Waals surface area contributed by atoms with E-state index >= 15 is 0 Å². The van der Waals surface area contributed by atoms with E-state index in [0.717, 1.165) is 110 Å². The van der Waals surface area contributed by atoms with Gasteiger partial charge >= 0.3 is 6.09 Å². The summed E-state index contributed by atoms with van der Waals surface area (Å²) in [4.78, 5) is 89.1. The molecule has 3 aliphatic carbocycles. The highest BCUT2D eigenvalue weighted by Crippen LogP contribution is 2.62. The number of carbonyl (C=O) groups excluding carboxylic acids is 6. The summed E-state index contributed by atoms with van der Waals surface area (Å²) < 4.78 is 11.4. The van der Waals surface area contributed by atoms with Crippen molar-refractivity contribution < 1.29 is 38.2 Å². The first-order valence-electron chi connectivity index (χ1n) is 31.5. The van der Waals surface area contributed by atoms with E-state index in [2.05, 4.69) is 81.5 Å². The van der Waals surface area contributed by atoms with Gasteiger partial charge in [-0.15, -0.1) is 0 Å². The van der Waals surface area contributed by atoms with Gasteiger partial charge in [-0.1, -0.05) is 121 Å². The molecule has 2 bridgehead atoms. The SMILES string of the molecule is CCCCCCCCC(=O)Nc1ccc2c(c1)C1(CCC(=O)N(C)CCOCCN(C)C(=O)[C@@H]3C[C@H](N=[N+]=[N-])CN3C)c3cc(NC(=O)CCCCCCCC)ccc3C2c2ccc(NC(=O)CCCCCCCNC(=O)OC(C)(C)C)cc21. The molecule has 2 atom stereocenters. The van der Waals surface area contributed by atoms with Crippen molar-refractivity contribution in [3.05, 3.63) is 98.4 Å². The Kier molecular flexibility index (Phi) is 26.4. The number of amides is 6. The minimum absolute atomic E-state index is 0.0455. The smallest absolute Gasteiger partial charge is 0.407 e. The molecule has 1 saturated heterocycles. The first-order valence-corrected chi connectivity index (χ1v) is 31.5. The number of hydrogen-bond acceptors (Lipinski definition) is 10. The highest BCUT2D eigenvalue weighted by molar-refractivity contribution is 5.94. The standard InChI is InChI=1S/C66H98N10O8/c1-9-11-13-15-18-22-26-58(77)69-47-29-32-51-54(42-47)66(36-35-61(80)74(6)38-40-83-41-39-75(7)63(81)57-45-50(72-73-67)46-76(57)8)55-43-48(70-59(78)27-23-19-16-14-12-10-2)30-33-52(55)62(51)53-34-31-49(44-56(53)66)71-60(79)28-24-20-17-21-25-37-68-64(82)84-65(3,4)5/h29-34,42-44,50,57,62H,9-28,35-41,45-46H2,1-8H3,(H,68,82)(H,69,77)(H,70,78)(H,71,79)/t50-,57-,62?,66?/m0/s1. The van der Waals surface area contributed by atoms with E-state index in [0.29, 0.717) is 81.8 Å². The van der Waals surface area contributed by atoms with Gasteiger partial charge in [0, 0.05) is 99.3 Å². The predicted octanol–water partition coefficient (Wildman–Crippen LogP) is 13.1. The average molecular weight is 1160 g/mol. The molecule has 4 N–H and O–H groups in total. The number of rotatable bonds is 36. The highest BCUT2D eigenvalue weighted by Gasteiger charge is 2.52. The molecule has 7 rings (SSSR count). The highest BCUT2D eigenvalue weighted by atomic mass is 16.6. The number of likely N-dealkylation sites (tertiary alicyclic amines) is 1. The average Bonchev–Trinajstić information content (AvgIpc) is 0.775. The maximum absolute atomic E-state index is 14.6. The lowest BCUT2D eigenvalue weighted by molar-refractivity contribution is -0.135. The van der Waals surface area contributed by atoms with Crippen LogP contribution in [0.5, 0.6) is 0 Å². The fraction of sp³-hybridized carbons (Fsp3) is 0.636. The Morgan fingerprint density at radius 1 is 0.643 bits per heavy atom. The molecule has 0 radical (unpaired) electrons. The van der Waals surface area contributed by atoms with E-state index in [1.54, 1.807) is 23.9 Å². The Morgan fingerprint density at radius 2 is 1.08 bits per heavy atom. The number of benzene rings is 3. The summed E-state index contributed by atoms with van der Waals surface area (Å²) in [5, 5.41) is 16.3. The van der Waals surface area contributed by atoms with Gasteiger partial charge < -0.3 is 40.5 Å². The fourth-order valence-corrected chi connectivity index (χ4v) is 12.3. The van der Waals surface area contributed by atoms with Crippen molar-refractivity contribution >= 4 is 52.7 Å². The topological polar surface area (TPSA) is 227 Å². The lowest BCUT2D eigenvalue weighted by atomic mass is 9.51. The molecular weight excluding hydrogens is 1060 g/mol. The van der Waals surface area contributed by atoms with Gasteiger partial charge in [0.25, 0.3) is 0 Å². The van der Waals surface area contributed by atoms with Gasteiger partial charge in [-0.05, 0) is 142 Å². The molecule has 0 unspecified atom stereocenters. The number of azide groups is 1. The summed E-state index contributed by atoms with van der Waals surface area (Å²) in [5.41, 5.74) is 15.5. The van der Waals surface area contributed by atoms with Crippen LogP contribution in [0.2, 0.25) is 0 Å². The second kappa shape index (κ2) is 33.3. The summed E-state index contributed by atoms with van der Waals surface area (Å²) in [6, 6.07) is 17.9. The number of ether oxygens (including phenoxy) is 2. The van der Waals surface area contributed by atoms with Crippen LogP contribution in [-0.2, 0) is 38.9 Å². The van der Waals surface area contributed by atoms with Gasteiger partial charge in [0.05, 0.1) is 25.3 Å². The maximum Gasteiger partial charge on any atom is 0.407 e. The number of anilines is 3. The Balaban J connectivity index is 1.23. The van der Waals surface area contributed by atoms with E-state index in [1.165, 1.54) is 25.7 Å². The molecule has 18 heteroatoms. The zero-order chi connectivity index (χ0) is 60.7. The molecule has 1 fully saturated rings.